The van der Waals surface area contributed by atoms with Crippen LogP contribution in [0.1, 0.15) is 18.0 Å². The summed E-state index contributed by atoms with van der Waals surface area (Å²) >= 11 is 0. The molecule has 0 amide bonds. The Hall–Kier alpha value is -1.48. The van der Waals surface area contributed by atoms with Gasteiger partial charge in [-0.15, -0.1) is 6.58 Å². The van der Waals surface area contributed by atoms with Gasteiger partial charge in [0.05, 0.1) is 14.2 Å². The normalized spacial score (nSPS) is 11.9. The van der Waals surface area contributed by atoms with E-state index in [0.717, 1.165) is 12.0 Å². The van der Waals surface area contributed by atoms with Crippen LogP contribution in [0.4, 0.5) is 0 Å². The van der Waals surface area contributed by atoms with Gasteiger partial charge in [0.1, 0.15) is 0 Å². The molecule has 0 saturated carbocycles. The molecule has 0 aliphatic heterocycles. The summed E-state index contributed by atoms with van der Waals surface area (Å²) in [4.78, 5) is 0. The lowest BCUT2D eigenvalue weighted by Gasteiger charge is -2.13. The first-order valence-corrected chi connectivity index (χ1v) is 4.81. The minimum atomic E-state index is -0.0395. The largest absolute Gasteiger partial charge is 0.493 e. The molecule has 15 heavy (non-hydrogen) atoms. The Balaban J connectivity index is 2.96. The molecule has 0 saturated heterocycles. The number of methoxy groups -OCH3 is 2. The van der Waals surface area contributed by atoms with Crippen LogP contribution in [0.5, 0.6) is 11.5 Å². The Morgan fingerprint density at radius 2 is 2.00 bits per heavy atom. The first-order valence-electron chi connectivity index (χ1n) is 4.81. The third-order valence-corrected chi connectivity index (χ3v) is 2.26. The van der Waals surface area contributed by atoms with E-state index in [-0.39, 0.29) is 6.04 Å². The van der Waals surface area contributed by atoms with Gasteiger partial charge in [0.25, 0.3) is 0 Å². The molecule has 0 unspecified atom stereocenters. The van der Waals surface area contributed by atoms with Gasteiger partial charge in [-0.1, -0.05) is 12.1 Å². The SMILES string of the molecule is C=CC[C@@H](N)c1ccc(OC)c(OC)c1. The minimum Gasteiger partial charge on any atom is -0.493 e. The maximum atomic E-state index is 5.95. The molecule has 3 heteroatoms. The minimum absolute atomic E-state index is 0.0395. The molecule has 0 aromatic heterocycles. The van der Waals surface area contributed by atoms with Crippen molar-refractivity contribution in [2.75, 3.05) is 14.2 Å². The standard InChI is InChI=1S/C12H17NO2/c1-4-5-10(13)9-6-7-11(14-2)12(8-9)15-3/h4,6-8,10H,1,5,13H2,2-3H3/t10-/m1/s1. The quantitative estimate of drug-likeness (QED) is 0.753. The second kappa shape index (κ2) is 5.41. The second-order valence-electron chi connectivity index (χ2n) is 3.25. The predicted molar refractivity (Wildman–Crippen MR) is 61.3 cm³/mol. The van der Waals surface area contributed by atoms with Crippen LogP contribution in [-0.4, -0.2) is 14.2 Å². The van der Waals surface area contributed by atoms with Crippen molar-refractivity contribution in [3.63, 3.8) is 0 Å². The molecule has 1 aromatic rings. The summed E-state index contributed by atoms with van der Waals surface area (Å²) in [5.41, 5.74) is 6.97. The van der Waals surface area contributed by atoms with Crippen molar-refractivity contribution >= 4 is 0 Å². The summed E-state index contributed by atoms with van der Waals surface area (Å²) in [6.45, 7) is 3.67. The van der Waals surface area contributed by atoms with E-state index in [1.54, 1.807) is 20.3 Å². The molecule has 1 aromatic carbocycles. The molecule has 82 valence electrons. The van der Waals surface area contributed by atoms with Crippen molar-refractivity contribution < 1.29 is 9.47 Å². The van der Waals surface area contributed by atoms with Crippen LogP contribution in [0.15, 0.2) is 30.9 Å². The Kier molecular flexibility index (Phi) is 4.18. The van der Waals surface area contributed by atoms with E-state index < -0.39 is 0 Å². The molecule has 3 nitrogen and oxygen atoms in total. The lowest BCUT2D eigenvalue weighted by Crippen LogP contribution is -2.09. The first-order chi connectivity index (χ1) is 7.22. The summed E-state index contributed by atoms with van der Waals surface area (Å²) < 4.78 is 10.3. The van der Waals surface area contributed by atoms with E-state index in [1.165, 1.54) is 0 Å². The number of ether oxygens (including phenoxy) is 2. The molecule has 0 bridgehead atoms. The summed E-state index contributed by atoms with van der Waals surface area (Å²) in [6.07, 6.45) is 2.55. The fourth-order valence-corrected chi connectivity index (χ4v) is 1.40. The molecule has 0 aliphatic rings. The van der Waals surface area contributed by atoms with E-state index in [2.05, 4.69) is 6.58 Å². The second-order valence-corrected chi connectivity index (χ2v) is 3.25. The highest BCUT2D eigenvalue weighted by atomic mass is 16.5. The fourth-order valence-electron chi connectivity index (χ4n) is 1.40. The van der Waals surface area contributed by atoms with Crippen molar-refractivity contribution in [3.8, 4) is 11.5 Å². The lowest BCUT2D eigenvalue weighted by molar-refractivity contribution is 0.354. The number of benzene rings is 1. The Morgan fingerprint density at radius 1 is 1.33 bits per heavy atom. The van der Waals surface area contributed by atoms with E-state index in [4.69, 9.17) is 15.2 Å². The molecular weight excluding hydrogens is 190 g/mol. The van der Waals surface area contributed by atoms with Gasteiger partial charge >= 0.3 is 0 Å². The molecule has 0 aliphatic carbocycles. The van der Waals surface area contributed by atoms with Gasteiger partial charge < -0.3 is 15.2 Å². The van der Waals surface area contributed by atoms with Gasteiger partial charge in [0, 0.05) is 6.04 Å². The van der Waals surface area contributed by atoms with Crippen LogP contribution in [0.3, 0.4) is 0 Å². The summed E-state index contributed by atoms with van der Waals surface area (Å²) in [6, 6.07) is 5.65. The maximum Gasteiger partial charge on any atom is 0.161 e. The Labute approximate surface area is 90.5 Å². The zero-order valence-electron chi connectivity index (χ0n) is 9.19. The van der Waals surface area contributed by atoms with E-state index >= 15 is 0 Å². The van der Waals surface area contributed by atoms with Gasteiger partial charge in [-0.2, -0.15) is 0 Å². The van der Waals surface area contributed by atoms with Gasteiger partial charge in [0.15, 0.2) is 11.5 Å². The Morgan fingerprint density at radius 3 is 2.53 bits per heavy atom. The number of hydrogen-bond donors (Lipinski definition) is 1. The molecule has 0 heterocycles. The number of rotatable bonds is 5. The van der Waals surface area contributed by atoms with Crippen molar-refractivity contribution in [3.05, 3.63) is 36.4 Å². The molecule has 0 spiro atoms. The summed E-state index contributed by atoms with van der Waals surface area (Å²) in [5, 5.41) is 0. The molecular formula is C12H17NO2. The highest BCUT2D eigenvalue weighted by Crippen LogP contribution is 2.30. The third-order valence-electron chi connectivity index (χ3n) is 2.26. The Bertz CT molecular complexity index is 336. The zero-order chi connectivity index (χ0) is 11.3. The smallest absolute Gasteiger partial charge is 0.161 e. The maximum absolute atomic E-state index is 5.95. The number of nitrogens with two attached hydrogens (primary N) is 1. The molecule has 1 atom stereocenters. The predicted octanol–water partition coefficient (Wildman–Crippen LogP) is 2.28. The summed E-state index contributed by atoms with van der Waals surface area (Å²) in [7, 11) is 3.22. The molecule has 0 radical (unpaired) electrons. The third kappa shape index (κ3) is 2.73. The lowest BCUT2D eigenvalue weighted by atomic mass is 10.0. The molecule has 2 N–H and O–H groups in total. The summed E-state index contributed by atoms with van der Waals surface area (Å²) in [5.74, 6) is 1.42. The van der Waals surface area contributed by atoms with E-state index in [9.17, 15) is 0 Å². The van der Waals surface area contributed by atoms with Crippen LogP contribution in [0.2, 0.25) is 0 Å². The average molecular weight is 207 g/mol. The van der Waals surface area contributed by atoms with E-state index in [1.807, 2.05) is 18.2 Å². The molecule has 0 fully saturated rings. The topological polar surface area (TPSA) is 44.5 Å². The van der Waals surface area contributed by atoms with Gasteiger partial charge in [0.2, 0.25) is 0 Å². The highest BCUT2D eigenvalue weighted by Gasteiger charge is 2.08. The zero-order valence-corrected chi connectivity index (χ0v) is 9.19. The highest BCUT2D eigenvalue weighted by molar-refractivity contribution is 5.43. The van der Waals surface area contributed by atoms with Gasteiger partial charge in [-0.25, -0.2) is 0 Å². The van der Waals surface area contributed by atoms with Crippen LogP contribution >= 0.6 is 0 Å². The van der Waals surface area contributed by atoms with Crippen molar-refractivity contribution in [1.29, 1.82) is 0 Å². The van der Waals surface area contributed by atoms with Crippen LogP contribution in [-0.2, 0) is 0 Å². The van der Waals surface area contributed by atoms with Crippen LogP contribution < -0.4 is 15.2 Å². The van der Waals surface area contributed by atoms with Crippen molar-refractivity contribution in [2.45, 2.75) is 12.5 Å². The van der Waals surface area contributed by atoms with Gasteiger partial charge in [-0.05, 0) is 24.1 Å². The first kappa shape index (κ1) is 11.6. The van der Waals surface area contributed by atoms with Gasteiger partial charge in [-0.3, -0.25) is 0 Å². The fraction of sp³-hybridized carbons (Fsp3) is 0.333. The number of hydrogen-bond acceptors (Lipinski definition) is 3. The van der Waals surface area contributed by atoms with E-state index in [0.29, 0.717) is 11.5 Å². The monoisotopic (exact) mass is 207 g/mol. The average Bonchev–Trinajstić information content (AvgIpc) is 2.28. The van der Waals surface area contributed by atoms with Crippen LogP contribution in [0.25, 0.3) is 0 Å². The molecule has 1 rings (SSSR count). The van der Waals surface area contributed by atoms with Crippen molar-refractivity contribution in [2.24, 2.45) is 5.73 Å². The van der Waals surface area contributed by atoms with Crippen LogP contribution in [0, 0.1) is 0 Å². The van der Waals surface area contributed by atoms with Crippen molar-refractivity contribution in [1.82, 2.24) is 0 Å².